The highest BCUT2D eigenvalue weighted by molar-refractivity contribution is 7.81. The first-order chi connectivity index (χ1) is 8.83. The molecule has 0 bridgehead atoms. The molecule has 1 aromatic rings. The van der Waals surface area contributed by atoms with E-state index in [0.29, 0.717) is 11.3 Å². The lowest BCUT2D eigenvalue weighted by Crippen LogP contribution is -2.40. The van der Waals surface area contributed by atoms with Crippen molar-refractivity contribution in [3.63, 3.8) is 0 Å². The zero-order valence-electron chi connectivity index (χ0n) is 10.8. The van der Waals surface area contributed by atoms with Gasteiger partial charge in [0.1, 0.15) is 0 Å². The Balaban J connectivity index is 1.66. The minimum atomic E-state index is 0.571. The van der Waals surface area contributed by atoms with Gasteiger partial charge < -0.3 is 0 Å². The number of fused-ring (bicyclic) bond motifs is 1. The highest BCUT2D eigenvalue weighted by atomic mass is 32.1. The van der Waals surface area contributed by atoms with E-state index in [-0.39, 0.29) is 0 Å². The van der Waals surface area contributed by atoms with E-state index in [1.165, 1.54) is 44.6 Å². The van der Waals surface area contributed by atoms with Crippen molar-refractivity contribution < 1.29 is 0 Å². The summed E-state index contributed by atoms with van der Waals surface area (Å²) < 4.78 is 0. The van der Waals surface area contributed by atoms with Crippen LogP contribution in [0.3, 0.4) is 0 Å². The van der Waals surface area contributed by atoms with Crippen LogP contribution in [0.25, 0.3) is 0 Å². The largest absolute Gasteiger partial charge is 0.298 e. The minimum absolute atomic E-state index is 0.571. The van der Waals surface area contributed by atoms with Crippen LogP contribution in [0.4, 0.5) is 0 Å². The Hall–Kier alpha value is -0.510. The lowest BCUT2D eigenvalue weighted by molar-refractivity contribution is 0.218. The monoisotopic (exact) mass is 262 g/mol. The molecule has 2 atom stereocenters. The fourth-order valence-corrected chi connectivity index (χ4v) is 3.65. The predicted octanol–water partition coefficient (Wildman–Crippen LogP) is 2.27. The molecule has 0 radical (unpaired) electrons. The topological polar surface area (TPSA) is 6.48 Å². The lowest BCUT2D eigenvalue weighted by atomic mass is 10.1. The van der Waals surface area contributed by atoms with Gasteiger partial charge in [0.15, 0.2) is 0 Å². The number of rotatable bonds is 2. The summed E-state index contributed by atoms with van der Waals surface area (Å²) in [5, 5.41) is 0.571. The third kappa shape index (κ3) is 2.73. The molecule has 3 rings (SSSR count). The fourth-order valence-electron chi connectivity index (χ4n) is 3.25. The van der Waals surface area contributed by atoms with Crippen molar-refractivity contribution >= 4 is 12.6 Å². The molecule has 98 valence electrons. The van der Waals surface area contributed by atoms with Gasteiger partial charge in [-0.3, -0.25) is 9.80 Å². The first kappa shape index (κ1) is 12.5. The van der Waals surface area contributed by atoms with Gasteiger partial charge in [-0.05, 0) is 38.0 Å². The third-order valence-electron chi connectivity index (χ3n) is 4.24. The van der Waals surface area contributed by atoms with Gasteiger partial charge in [-0.1, -0.05) is 30.3 Å². The van der Waals surface area contributed by atoms with E-state index >= 15 is 0 Å². The SMILES string of the molecule is SC1CCN2CCCN(Cc3ccccc3)CC12. The Morgan fingerprint density at radius 3 is 2.78 bits per heavy atom. The third-order valence-corrected chi connectivity index (χ3v) is 4.84. The van der Waals surface area contributed by atoms with E-state index in [9.17, 15) is 0 Å². The quantitative estimate of drug-likeness (QED) is 0.817. The molecule has 0 saturated carbocycles. The molecule has 2 aliphatic rings. The zero-order chi connectivity index (χ0) is 12.4. The van der Waals surface area contributed by atoms with Crippen LogP contribution in [-0.2, 0) is 6.54 Å². The second-order valence-corrected chi connectivity index (χ2v) is 6.20. The molecule has 2 saturated heterocycles. The number of hydrogen-bond donors (Lipinski definition) is 1. The Morgan fingerprint density at radius 1 is 1.11 bits per heavy atom. The molecule has 0 N–H and O–H groups in total. The summed E-state index contributed by atoms with van der Waals surface area (Å²) in [6, 6.07) is 11.5. The van der Waals surface area contributed by atoms with E-state index in [1.54, 1.807) is 0 Å². The van der Waals surface area contributed by atoms with Crippen molar-refractivity contribution in [3.05, 3.63) is 35.9 Å². The Labute approximate surface area is 115 Å². The van der Waals surface area contributed by atoms with Crippen molar-refractivity contribution in [1.29, 1.82) is 0 Å². The molecule has 18 heavy (non-hydrogen) atoms. The van der Waals surface area contributed by atoms with Crippen LogP contribution >= 0.6 is 12.6 Å². The number of nitrogens with zero attached hydrogens (tertiary/aromatic N) is 2. The number of benzene rings is 1. The second-order valence-electron chi connectivity index (χ2n) is 5.53. The van der Waals surface area contributed by atoms with Gasteiger partial charge in [0, 0.05) is 24.4 Å². The first-order valence-electron chi connectivity index (χ1n) is 7.01. The fraction of sp³-hybridized carbons (Fsp3) is 0.600. The van der Waals surface area contributed by atoms with Crippen LogP contribution in [0, 0.1) is 0 Å². The molecule has 0 spiro atoms. The van der Waals surface area contributed by atoms with E-state index in [2.05, 4.69) is 40.1 Å². The van der Waals surface area contributed by atoms with Crippen LogP contribution in [0.1, 0.15) is 18.4 Å². The Morgan fingerprint density at radius 2 is 1.94 bits per heavy atom. The van der Waals surface area contributed by atoms with Crippen LogP contribution in [0.15, 0.2) is 30.3 Å². The molecule has 2 fully saturated rings. The summed E-state index contributed by atoms with van der Waals surface area (Å²) in [5.74, 6) is 0. The van der Waals surface area contributed by atoms with Crippen molar-refractivity contribution in [2.75, 3.05) is 26.2 Å². The van der Waals surface area contributed by atoms with Crippen molar-refractivity contribution in [1.82, 2.24) is 9.80 Å². The minimum Gasteiger partial charge on any atom is -0.298 e. The highest BCUT2D eigenvalue weighted by Crippen LogP contribution is 2.26. The van der Waals surface area contributed by atoms with Gasteiger partial charge in [-0.25, -0.2) is 0 Å². The maximum Gasteiger partial charge on any atom is 0.0340 e. The van der Waals surface area contributed by atoms with Crippen molar-refractivity contribution in [2.24, 2.45) is 0 Å². The lowest BCUT2D eigenvalue weighted by Gasteiger charge is -2.27. The average molecular weight is 262 g/mol. The molecular weight excluding hydrogens is 240 g/mol. The summed E-state index contributed by atoms with van der Waals surface area (Å²) in [7, 11) is 0. The zero-order valence-corrected chi connectivity index (χ0v) is 11.7. The summed E-state index contributed by atoms with van der Waals surface area (Å²) in [5.41, 5.74) is 1.43. The van der Waals surface area contributed by atoms with E-state index < -0.39 is 0 Å². The number of hydrogen-bond acceptors (Lipinski definition) is 3. The summed E-state index contributed by atoms with van der Waals surface area (Å²) >= 11 is 4.76. The normalized spacial score (nSPS) is 30.1. The van der Waals surface area contributed by atoms with Gasteiger partial charge >= 0.3 is 0 Å². The smallest absolute Gasteiger partial charge is 0.0340 e. The van der Waals surface area contributed by atoms with Crippen molar-refractivity contribution in [2.45, 2.75) is 30.7 Å². The van der Waals surface area contributed by atoms with E-state index in [1.807, 2.05) is 0 Å². The van der Waals surface area contributed by atoms with Gasteiger partial charge in [0.2, 0.25) is 0 Å². The Kier molecular flexibility index (Phi) is 3.92. The van der Waals surface area contributed by atoms with Crippen LogP contribution < -0.4 is 0 Å². The molecule has 3 heteroatoms. The maximum atomic E-state index is 4.76. The van der Waals surface area contributed by atoms with Crippen LogP contribution in [0.5, 0.6) is 0 Å². The highest BCUT2D eigenvalue weighted by Gasteiger charge is 2.34. The maximum absolute atomic E-state index is 4.76. The summed E-state index contributed by atoms with van der Waals surface area (Å²) in [6.07, 6.45) is 2.55. The van der Waals surface area contributed by atoms with Crippen LogP contribution in [-0.4, -0.2) is 47.3 Å². The first-order valence-corrected chi connectivity index (χ1v) is 7.53. The molecule has 0 amide bonds. The second kappa shape index (κ2) is 5.64. The average Bonchev–Trinajstić information content (AvgIpc) is 2.62. The van der Waals surface area contributed by atoms with E-state index in [4.69, 9.17) is 12.6 Å². The summed E-state index contributed by atoms with van der Waals surface area (Å²) in [6.45, 7) is 6.00. The van der Waals surface area contributed by atoms with Gasteiger partial charge in [0.25, 0.3) is 0 Å². The van der Waals surface area contributed by atoms with Crippen molar-refractivity contribution in [3.8, 4) is 0 Å². The Bertz CT molecular complexity index is 381. The predicted molar refractivity (Wildman–Crippen MR) is 79.1 cm³/mol. The molecule has 2 unspecified atom stereocenters. The van der Waals surface area contributed by atoms with Gasteiger partial charge in [-0.15, -0.1) is 0 Å². The molecule has 2 nitrogen and oxygen atoms in total. The standard InChI is InChI=1S/C15H22N2S/c18-15-7-10-17-9-4-8-16(12-14(15)17)11-13-5-2-1-3-6-13/h1-3,5-6,14-15,18H,4,7-12H2. The molecule has 0 aromatic heterocycles. The molecular formula is C15H22N2S. The van der Waals surface area contributed by atoms with Gasteiger partial charge in [-0.2, -0.15) is 12.6 Å². The summed E-state index contributed by atoms with van der Waals surface area (Å²) in [4.78, 5) is 5.25. The number of thiol groups is 1. The molecule has 0 aliphatic carbocycles. The van der Waals surface area contributed by atoms with E-state index in [0.717, 1.165) is 6.54 Å². The molecule has 2 aliphatic heterocycles. The van der Waals surface area contributed by atoms with Crippen LogP contribution in [0.2, 0.25) is 0 Å². The van der Waals surface area contributed by atoms with Gasteiger partial charge in [0.05, 0.1) is 0 Å². The molecule has 1 aromatic carbocycles. The molecule has 2 heterocycles.